The molecule has 0 amide bonds. The van der Waals surface area contributed by atoms with Crippen LogP contribution in [0.4, 0.5) is 5.95 Å². The predicted octanol–water partition coefficient (Wildman–Crippen LogP) is 2.38. The van der Waals surface area contributed by atoms with Crippen LogP contribution in [0.1, 0.15) is 51.0 Å². The van der Waals surface area contributed by atoms with Gasteiger partial charge in [0.05, 0.1) is 11.5 Å². The fourth-order valence-corrected chi connectivity index (χ4v) is 5.03. The number of hydrogen-bond acceptors (Lipinski definition) is 4. The Kier molecular flexibility index (Phi) is 4.01. The van der Waals surface area contributed by atoms with E-state index in [1.807, 2.05) is 12.4 Å². The van der Waals surface area contributed by atoms with Gasteiger partial charge in [-0.2, -0.15) is 0 Å². The summed E-state index contributed by atoms with van der Waals surface area (Å²) in [6.07, 6.45) is 11.8. The Hall–Kier alpha value is -1.04. The van der Waals surface area contributed by atoms with Gasteiger partial charge in [0, 0.05) is 24.5 Å². The summed E-state index contributed by atoms with van der Waals surface area (Å²) in [6, 6.07) is 0.535. The summed E-state index contributed by atoms with van der Waals surface area (Å²) in [5.74, 6) is 1.42. The highest BCUT2D eigenvalue weighted by molar-refractivity contribution is 7.91. The molecule has 1 aromatic rings. The number of imidazole rings is 1. The molecule has 1 aliphatic carbocycles. The van der Waals surface area contributed by atoms with Crippen molar-refractivity contribution in [3.8, 4) is 0 Å². The van der Waals surface area contributed by atoms with E-state index < -0.39 is 9.84 Å². The van der Waals surface area contributed by atoms with E-state index in [9.17, 15) is 8.42 Å². The van der Waals surface area contributed by atoms with E-state index in [4.69, 9.17) is 0 Å². The Morgan fingerprint density at radius 1 is 1.15 bits per heavy atom. The molecule has 0 aromatic carbocycles. The monoisotopic (exact) mass is 297 g/mol. The van der Waals surface area contributed by atoms with Crippen LogP contribution >= 0.6 is 0 Å². The molecule has 1 atom stereocenters. The van der Waals surface area contributed by atoms with E-state index in [2.05, 4.69) is 14.9 Å². The summed E-state index contributed by atoms with van der Waals surface area (Å²) >= 11 is 0. The van der Waals surface area contributed by atoms with Crippen LogP contribution in [0.15, 0.2) is 12.4 Å². The zero-order valence-electron chi connectivity index (χ0n) is 11.8. The number of rotatable bonds is 3. The van der Waals surface area contributed by atoms with Gasteiger partial charge < -0.3 is 9.88 Å². The summed E-state index contributed by atoms with van der Waals surface area (Å²) in [5.41, 5.74) is 0. The minimum absolute atomic E-state index is 0.0125. The van der Waals surface area contributed by atoms with Gasteiger partial charge in [-0.25, -0.2) is 13.4 Å². The van der Waals surface area contributed by atoms with Crippen molar-refractivity contribution in [2.75, 3.05) is 16.8 Å². The highest BCUT2D eigenvalue weighted by atomic mass is 32.2. The molecule has 5 nitrogen and oxygen atoms in total. The molecular weight excluding hydrogens is 274 g/mol. The van der Waals surface area contributed by atoms with Crippen molar-refractivity contribution in [3.63, 3.8) is 0 Å². The van der Waals surface area contributed by atoms with Crippen LogP contribution in [-0.2, 0) is 9.84 Å². The Balaban J connectivity index is 1.70. The third-order valence-electron chi connectivity index (χ3n) is 4.43. The second-order valence-electron chi connectivity index (χ2n) is 6.05. The molecule has 1 unspecified atom stereocenters. The summed E-state index contributed by atoms with van der Waals surface area (Å²) in [4.78, 5) is 4.39. The van der Waals surface area contributed by atoms with E-state index in [-0.39, 0.29) is 11.8 Å². The van der Waals surface area contributed by atoms with E-state index in [0.717, 1.165) is 18.8 Å². The van der Waals surface area contributed by atoms with Crippen LogP contribution < -0.4 is 5.32 Å². The van der Waals surface area contributed by atoms with Gasteiger partial charge >= 0.3 is 0 Å². The van der Waals surface area contributed by atoms with Crippen molar-refractivity contribution < 1.29 is 8.42 Å². The maximum atomic E-state index is 11.7. The lowest BCUT2D eigenvalue weighted by Gasteiger charge is -2.28. The second kappa shape index (κ2) is 5.76. The third-order valence-corrected chi connectivity index (χ3v) is 6.25. The molecule has 2 fully saturated rings. The van der Waals surface area contributed by atoms with Gasteiger partial charge in [-0.1, -0.05) is 19.3 Å². The SMILES string of the molecule is O=S1(=O)CCCC(Nc2nccn2C2CCCCC2)C1. The molecule has 0 radical (unpaired) electrons. The smallest absolute Gasteiger partial charge is 0.203 e. The second-order valence-corrected chi connectivity index (χ2v) is 8.28. The van der Waals surface area contributed by atoms with Crippen molar-refractivity contribution in [3.05, 3.63) is 12.4 Å². The summed E-state index contributed by atoms with van der Waals surface area (Å²) < 4.78 is 25.6. The Bertz CT molecular complexity index is 547. The molecule has 112 valence electrons. The van der Waals surface area contributed by atoms with Gasteiger partial charge in [-0.05, 0) is 25.7 Å². The molecule has 1 saturated carbocycles. The van der Waals surface area contributed by atoms with Gasteiger partial charge in [-0.15, -0.1) is 0 Å². The Labute approximate surface area is 120 Å². The first-order chi connectivity index (χ1) is 9.64. The standard InChI is InChI=1S/C14H23N3O2S/c18-20(19)10-4-5-12(11-20)16-14-15-8-9-17(14)13-6-2-1-3-7-13/h8-9,12-13H,1-7,10-11H2,(H,15,16). The largest absolute Gasteiger partial charge is 0.352 e. The van der Waals surface area contributed by atoms with Crippen LogP contribution in [0.3, 0.4) is 0 Å². The lowest BCUT2D eigenvalue weighted by molar-refractivity contribution is 0.355. The van der Waals surface area contributed by atoms with Crippen molar-refractivity contribution in [1.29, 1.82) is 0 Å². The van der Waals surface area contributed by atoms with Crippen LogP contribution in [0.2, 0.25) is 0 Å². The zero-order chi connectivity index (χ0) is 14.0. The first kappa shape index (κ1) is 13.9. The maximum Gasteiger partial charge on any atom is 0.203 e. The lowest BCUT2D eigenvalue weighted by Crippen LogP contribution is -2.35. The molecule has 1 N–H and O–H groups in total. The molecule has 1 aliphatic heterocycles. The third kappa shape index (κ3) is 3.16. The van der Waals surface area contributed by atoms with Crippen molar-refractivity contribution in [1.82, 2.24) is 9.55 Å². The van der Waals surface area contributed by atoms with Gasteiger partial charge in [0.2, 0.25) is 5.95 Å². The predicted molar refractivity (Wildman–Crippen MR) is 79.6 cm³/mol. The van der Waals surface area contributed by atoms with Crippen LogP contribution in [0.25, 0.3) is 0 Å². The first-order valence-corrected chi connectivity index (χ1v) is 9.46. The minimum Gasteiger partial charge on any atom is -0.352 e. The molecule has 1 saturated heterocycles. The van der Waals surface area contributed by atoms with Gasteiger partial charge in [0.1, 0.15) is 0 Å². The Morgan fingerprint density at radius 3 is 2.70 bits per heavy atom. The topological polar surface area (TPSA) is 64.0 Å². The number of nitrogens with one attached hydrogen (secondary N) is 1. The van der Waals surface area contributed by atoms with Crippen LogP contribution in [0, 0.1) is 0 Å². The average Bonchev–Trinajstić information content (AvgIpc) is 2.87. The van der Waals surface area contributed by atoms with Gasteiger partial charge in [-0.3, -0.25) is 0 Å². The quantitative estimate of drug-likeness (QED) is 0.930. The molecular formula is C14H23N3O2S. The molecule has 20 heavy (non-hydrogen) atoms. The minimum atomic E-state index is -2.87. The van der Waals surface area contributed by atoms with Crippen LogP contribution in [0.5, 0.6) is 0 Å². The maximum absolute atomic E-state index is 11.7. The summed E-state index contributed by atoms with van der Waals surface area (Å²) in [6.45, 7) is 0. The van der Waals surface area contributed by atoms with Gasteiger partial charge in [0.15, 0.2) is 9.84 Å². The van der Waals surface area contributed by atoms with Gasteiger partial charge in [0.25, 0.3) is 0 Å². The van der Waals surface area contributed by atoms with Crippen molar-refractivity contribution >= 4 is 15.8 Å². The van der Waals surface area contributed by atoms with E-state index in [1.165, 1.54) is 32.1 Å². The molecule has 0 spiro atoms. The summed E-state index contributed by atoms with van der Waals surface area (Å²) in [5, 5.41) is 3.36. The summed E-state index contributed by atoms with van der Waals surface area (Å²) in [7, 11) is -2.87. The normalized spacial score (nSPS) is 27.3. The van der Waals surface area contributed by atoms with E-state index in [0.29, 0.717) is 11.8 Å². The van der Waals surface area contributed by atoms with E-state index >= 15 is 0 Å². The Morgan fingerprint density at radius 2 is 1.95 bits per heavy atom. The van der Waals surface area contributed by atoms with Crippen molar-refractivity contribution in [2.45, 2.75) is 57.0 Å². The number of anilines is 1. The highest BCUT2D eigenvalue weighted by Gasteiger charge is 2.26. The zero-order valence-corrected chi connectivity index (χ0v) is 12.6. The van der Waals surface area contributed by atoms with Crippen LogP contribution in [-0.4, -0.2) is 35.5 Å². The molecule has 0 bridgehead atoms. The highest BCUT2D eigenvalue weighted by Crippen LogP contribution is 2.30. The molecule has 6 heteroatoms. The number of nitrogens with zero attached hydrogens (tertiary/aromatic N) is 2. The van der Waals surface area contributed by atoms with E-state index in [1.54, 1.807) is 0 Å². The number of hydrogen-bond donors (Lipinski definition) is 1. The molecule has 2 aliphatic rings. The lowest BCUT2D eigenvalue weighted by atomic mass is 9.95. The fourth-order valence-electron chi connectivity index (χ4n) is 3.40. The fraction of sp³-hybridized carbons (Fsp3) is 0.786. The van der Waals surface area contributed by atoms with Crippen molar-refractivity contribution in [2.24, 2.45) is 0 Å². The first-order valence-electron chi connectivity index (χ1n) is 7.64. The molecule has 3 rings (SSSR count). The molecule has 2 heterocycles. The average molecular weight is 297 g/mol. The number of sulfone groups is 1. The molecule has 1 aromatic heterocycles. The number of aromatic nitrogens is 2.